The molecule has 0 aromatic carbocycles. The van der Waals surface area contributed by atoms with Crippen molar-refractivity contribution in [2.45, 2.75) is 63.7 Å². The molecule has 2 aliphatic rings. The van der Waals surface area contributed by atoms with Crippen molar-refractivity contribution in [1.82, 2.24) is 5.32 Å². The van der Waals surface area contributed by atoms with Gasteiger partial charge in [-0.1, -0.05) is 0 Å². The molecule has 0 radical (unpaired) electrons. The van der Waals surface area contributed by atoms with Crippen molar-refractivity contribution in [3.8, 4) is 0 Å². The Labute approximate surface area is 114 Å². The minimum absolute atomic E-state index is 0.228. The van der Waals surface area contributed by atoms with Gasteiger partial charge >= 0.3 is 0 Å². The lowest BCUT2D eigenvalue weighted by Gasteiger charge is -2.26. The summed E-state index contributed by atoms with van der Waals surface area (Å²) in [7, 11) is 1.79. The van der Waals surface area contributed by atoms with Gasteiger partial charge in [0.05, 0.1) is 12.7 Å². The molecule has 2 saturated heterocycles. The monoisotopic (exact) mass is 275 g/mol. The van der Waals surface area contributed by atoms with Crippen LogP contribution in [0.2, 0.25) is 0 Å². The van der Waals surface area contributed by atoms with Crippen molar-refractivity contribution in [3.05, 3.63) is 0 Å². The zero-order valence-electron chi connectivity index (χ0n) is 12.3. The number of ether oxygens (including phenoxy) is 4. The van der Waals surface area contributed by atoms with Gasteiger partial charge in [0.15, 0.2) is 11.6 Å². The largest absolute Gasteiger partial charge is 0.389 e. The lowest BCUT2D eigenvalue weighted by atomic mass is 10.0. The predicted molar refractivity (Wildman–Crippen MR) is 68.7 cm³/mol. The van der Waals surface area contributed by atoms with Crippen LogP contribution in [0.1, 0.15) is 27.7 Å². The molecule has 2 N–H and O–H groups in total. The van der Waals surface area contributed by atoms with E-state index < -0.39 is 23.8 Å². The molecule has 6 heteroatoms. The molecule has 2 fully saturated rings. The lowest BCUT2D eigenvalue weighted by Crippen LogP contribution is -2.47. The third-order valence-electron chi connectivity index (χ3n) is 3.35. The van der Waals surface area contributed by atoms with E-state index in [0.717, 1.165) is 0 Å². The summed E-state index contributed by atoms with van der Waals surface area (Å²) in [5.74, 6) is -1.33. The van der Waals surface area contributed by atoms with Gasteiger partial charge < -0.3 is 29.4 Å². The fraction of sp³-hybridized carbons (Fsp3) is 1.00. The Bertz CT molecular complexity index is 320. The van der Waals surface area contributed by atoms with Crippen molar-refractivity contribution in [2.75, 3.05) is 20.2 Å². The molecule has 0 bridgehead atoms. The Hall–Kier alpha value is -0.240. The van der Waals surface area contributed by atoms with Crippen molar-refractivity contribution in [1.29, 1.82) is 0 Å². The normalized spacial score (nSPS) is 38.5. The van der Waals surface area contributed by atoms with Crippen molar-refractivity contribution >= 4 is 0 Å². The first-order valence-electron chi connectivity index (χ1n) is 6.74. The standard InChI is InChI=1S/C13H25NO5/c1-12(2)16-7-9(17-12)11-10(8(15)6-14-5)18-13(3,4)19-11/h8-11,14-15H,6-7H2,1-5H3/t8-,9+,10+,11+/m0/s1. The van der Waals surface area contributed by atoms with Crippen LogP contribution in [0.4, 0.5) is 0 Å². The van der Waals surface area contributed by atoms with E-state index in [1.807, 2.05) is 27.7 Å². The molecule has 2 aliphatic heterocycles. The first kappa shape index (κ1) is 15.2. The molecule has 2 rings (SSSR count). The van der Waals surface area contributed by atoms with Gasteiger partial charge in [-0.15, -0.1) is 0 Å². The SMILES string of the molecule is CNC[C@H](O)[C@H]1OC(C)(C)O[C@@H]1[C@H]1COC(C)(C)O1. The second-order valence-electron chi connectivity index (χ2n) is 6.06. The molecule has 0 aliphatic carbocycles. The quantitative estimate of drug-likeness (QED) is 0.766. The number of aliphatic hydroxyl groups is 1. The molecule has 0 saturated carbocycles. The van der Waals surface area contributed by atoms with Crippen LogP contribution in [0.3, 0.4) is 0 Å². The number of likely N-dealkylation sites (N-methyl/N-ethyl adjacent to an activating group) is 1. The Kier molecular flexibility index (Phi) is 4.21. The second kappa shape index (κ2) is 5.27. The van der Waals surface area contributed by atoms with E-state index >= 15 is 0 Å². The highest BCUT2D eigenvalue weighted by Crippen LogP contribution is 2.36. The van der Waals surface area contributed by atoms with Gasteiger partial charge in [-0.05, 0) is 34.7 Å². The van der Waals surface area contributed by atoms with Crippen LogP contribution in [0.25, 0.3) is 0 Å². The van der Waals surface area contributed by atoms with E-state index in [1.54, 1.807) is 7.05 Å². The smallest absolute Gasteiger partial charge is 0.164 e. The summed E-state index contributed by atoms with van der Waals surface area (Å²) in [6.07, 6.45) is -1.64. The van der Waals surface area contributed by atoms with Gasteiger partial charge in [0.2, 0.25) is 0 Å². The van der Waals surface area contributed by atoms with Crippen LogP contribution in [0, 0.1) is 0 Å². The Balaban J connectivity index is 2.08. The number of hydrogen-bond acceptors (Lipinski definition) is 6. The Morgan fingerprint density at radius 2 is 1.84 bits per heavy atom. The van der Waals surface area contributed by atoms with Crippen LogP contribution in [-0.2, 0) is 18.9 Å². The zero-order valence-corrected chi connectivity index (χ0v) is 12.3. The fourth-order valence-corrected chi connectivity index (χ4v) is 2.60. The van der Waals surface area contributed by atoms with E-state index in [-0.39, 0.29) is 12.2 Å². The Morgan fingerprint density at radius 1 is 1.16 bits per heavy atom. The first-order valence-corrected chi connectivity index (χ1v) is 6.74. The van der Waals surface area contributed by atoms with E-state index in [0.29, 0.717) is 13.2 Å². The highest BCUT2D eigenvalue weighted by molar-refractivity contribution is 4.94. The molecule has 4 atom stereocenters. The van der Waals surface area contributed by atoms with Crippen LogP contribution in [-0.4, -0.2) is 61.3 Å². The van der Waals surface area contributed by atoms with Crippen molar-refractivity contribution < 1.29 is 24.1 Å². The maximum Gasteiger partial charge on any atom is 0.164 e. The zero-order chi connectivity index (χ0) is 14.3. The van der Waals surface area contributed by atoms with E-state index in [4.69, 9.17) is 18.9 Å². The summed E-state index contributed by atoms with van der Waals surface area (Å²) in [6.45, 7) is 8.30. The minimum atomic E-state index is -0.722. The highest BCUT2D eigenvalue weighted by Gasteiger charge is 2.51. The molecule has 0 unspecified atom stereocenters. The molecular weight excluding hydrogens is 250 g/mol. The molecule has 0 amide bonds. The molecule has 112 valence electrons. The van der Waals surface area contributed by atoms with E-state index in [1.165, 1.54) is 0 Å². The third-order valence-corrected chi connectivity index (χ3v) is 3.35. The Morgan fingerprint density at radius 3 is 2.37 bits per heavy atom. The summed E-state index contributed by atoms with van der Waals surface area (Å²) >= 11 is 0. The van der Waals surface area contributed by atoms with Gasteiger partial charge in [-0.2, -0.15) is 0 Å². The summed E-state index contributed by atoms with van der Waals surface area (Å²) in [5, 5.41) is 13.1. The molecule has 19 heavy (non-hydrogen) atoms. The topological polar surface area (TPSA) is 69.2 Å². The molecular formula is C13H25NO5. The van der Waals surface area contributed by atoms with Gasteiger partial charge in [0.1, 0.15) is 18.3 Å². The number of nitrogens with one attached hydrogen (secondary N) is 1. The van der Waals surface area contributed by atoms with Crippen LogP contribution < -0.4 is 5.32 Å². The molecule has 6 nitrogen and oxygen atoms in total. The average molecular weight is 275 g/mol. The van der Waals surface area contributed by atoms with Gasteiger partial charge in [-0.3, -0.25) is 0 Å². The maximum absolute atomic E-state index is 10.2. The predicted octanol–water partition coefficient (Wildman–Crippen LogP) is 0.238. The third kappa shape index (κ3) is 3.45. The van der Waals surface area contributed by atoms with Gasteiger partial charge in [-0.25, -0.2) is 0 Å². The van der Waals surface area contributed by atoms with Gasteiger partial charge in [0, 0.05) is 6.54 Å². The summed E-state index contributed by atoms with van der Waals surface area (Å²) < 4.78 is 23.1. The minimum Gasteiger partial charge on any atom is -0.389 e. The van der Waals surface area contributed by atoms with Gasteiger partial charge in [0.25, 0.3) is 0 Å². The molecule has 2 heterocycles. The van der Waals surface area contributed by atoms with Crippen LogP contribution in [0.15, 0.2) is 0 Å². The number of aliphatic hydroxyl groups excluding tert-OH is 1. The van der Waals surface area contributed by atoms with E-state index in [9.17, 15) is 5.11 Å². The number of rotatable bonds is 4. The highest BCUT2D eigenvalue weighted by atomic mass is 16.8. The first-order chi connectivity index (χ1) is 8.74. The fourth-order valence-electron chi connectivity index (χ4n) is 2.60. The lowest BCUT2D eigenvalue weighted by molar-refractivity contribution is -0.175. The summed E-state index contributed by atoms with van der Waals surface area (Å²) in [5.41, 5.74) is 0. The summed E-state index contributed by atoms with van der Waals surface area (Å²) in [4.78, 5) is 0. The molecule has 0 aromatic rings. The average Bonchev–Trinajstić information content (AvgIpc) is 2.78. The number of hydrogen-bond donors (Lipinski definition) is 2. The second-order valence-corrected chi connectivity index (χ2v) is 6.06. The summed E-state index contributed by atoms with van der Waals surface area (Å²) in [6, 6.07) is 0. The maximum atomic E-state index is 10.2. The van der Waals surface area contributed by atoms with Crippen LogP contribution >= 0.6 is 0 Å². The van der Waals surface area contributed by atoms with Crippen LogP contribution in [0.5, 0.6) is 0 Å². The van der Waals surface area contributed by atoms with Crippen molar-refractivity contribution in [2.24, 2.45) is 0 Å². The molecule has 0 aromatic heterocycles. The molecule has 0 spiro atoms. The van der Waals surface area contributed by atoms with Crippen molar-refractivity contribution in [3.63, 3.8) is 0 Å². The van der Waals surface area contributed by atoms with E-state index in [2.05, 4.69) is 5.32 Å².